The predicted molar refractivity (Wildman–Crippen MR) is 101 cm³/mol. The van der Waals surface area contributed by atoms with E-state index >= 15 is 0 Å². The molecule has 0 N–H and O–H groups in total. The molecule has 0 spiro atoms. The number of hydrogen-bond donors (Lipinski definition) is 0. The highest BCUT2D eigenvalue weighted by Crippen LogP contribution is 2.20. The molecule has 0 aliphatic carbocycles. The second-order valence-electron chi connectivity index (χ2n) is 5.75. The van der Waals surface area contributed by atoms with Gasteiger partial charge in [-0.05, 0) is 36.4 Å². The lowest BCUT2D eigenvalue weighted by atomic mass is 10.3. The molecule has 8 heteroatoms. The van der Waals surface area contributed by atoms with Crippen molar-refractivity contribution in [2.24, 2.45) is 0 Å². The summed E-state index contributed by atoms with van der Waals surface area (Å²) in [6.07, 6.45) is -0.752. The molecule has 0 bridgehead atoms. The van der Waals surface area contributed by atoms with Crippen molar-refractivity contribution in [2.45, 2.75) is 6.29 Å². The van der Waals surface area contributed by atoms with Crippen LogP contribution in [0.15, 0.2) is 91.0 Å². The average Bonchev–Trinajstić information content (AvgIpc) is 2.74. The lowest BCUT2D eigenvalue weighted by molar-refractivity contribution is -0.518. The molecule has 0 radical (unpaired) electrons. The second kappa shape index (κ2) is 9.57. The Bertz CT molecular complexity index is 790. The fraction of sp³-hybridized carbons (Fsp3) is 0.100. The summed E-state index contributed by atoms with van der Waals surface area (Å²) in [5.74, 6) is 1.90. The van der Waals surface area contributed by atoms with Crippen molar-refractivity contribution in [2.75, 3.05) is 6.61 Å². The normalized spacial score (nSPS) is 17.1. The van der Waals surface area contributed by atoms with Crippen LogP contribution >= 0.6 is 0 Å². The molecule has 0 amide bonds. The van der Waals surface area contributed by atoms with Gasteiger partial charge in [-0.3, -0.25) is 3.89 Å². The van der Waals surface area contributed by atoms with E-state index in [1.165, 1.54) is 0 Å². The first-order chi connectivity index (χ1) is 13.8. The minimum absolute atomic E-state index is 0.143. The van der Waals surface area contributed by atoms with Gasteiger partial charge in [-0.25, -0.2) is 4.84 Å². The molecule has 142 valence electrons. The number of para-hydroxylation sites is 3. The van der Waals surface area contributed by atoms with Gasteiger partial charge in [0, 0.05) is 0 Å². The van der Waals surface area contributed by atoms with E-state index in [9.17, 15) is 0 Å². The Morgan fingerprint density at radius 1 is 0.750 bits per heavy atom. The first-order valence-electron chi connectivity index (χ1n) is 8.77. The van der Waals surface area contributed by atoms with E-state index in [0.717, 1.165) is 5.39 Å². The molecule has 7 nitrogen and oxygen atoms in total. The van der Waals surface area contributed by atoms with Gasteiger partial charge in [-0.15, -0.1) is 0 Å². The fourth-order valence-corrected chi connectivity index (χ4v) is 3.52. The lowest BCUT2D eigenvalue weighted by Gasteiger charge is -2.32. The zero-order chi connectivity index (χ0) is 19.0. The third-order valence-corrected chi connectivity index (χ3v) is 5.00. The molecule has 3 aromatic carbocycles. The maximum absolute atomic E-state index is 5.84. The monoisotopic (exact) mass is 395 g/mol. The minimum Gasteiger partial charge on any atom is -0.598 e. The molecule has 1 fully saturated rings. The highest BCUT2D eigenvalue weighted by Gasteiger charge is 2.48. The number of hydrogen-bond acceptors (Lipinski definition) is 7. The molecule has 1 aliphatic rings. The quantitative estimate of drug-likeness (QED) is 0.566. The Labute approximate surface area is 167 Å². The van der Waals surface area contributed by atoms with Crippen molar-refractivity contribution in [3.63, 3.8) is 0 Å². The summed E-state index contributed by atoms with van der Waals surface area (Å²) in [4.78, 5) is 11.2. The standard InChI is InChI=1S/C14H13NO5.C6H6O.Al/c16-14(11-18-12-7-3-1-4-8-12)20-15(17)19-13-9-5-2-6-10-13;7-6-4-2-1-3-5-6;/h1-10,14H,11H2;1-5,7H;/q-2;;+3/p-1/t14-;;/m0../s1. The third-order valence-electron chi connectivity index (χ3n) is 3.67. The van der Waals surface area contributed by atoms with Crippen LogP contribution in [0.4, 0.5) is 0 Å². The zero-order valence-corrected chi connectivity index (χ0v) is 16.1. The van der Waals surface area contributed by atoms with Crippen LogP contribution in [-0.2, 0) is 12.5 Å². The van der Waals surface area contributed by atoms with Gasteiger partial charge in [0.2, 0.25) is 0 Å². The molecular weight excluding hydrogens is 377 g/mol. The van der Waals surface area contributed by atoms with Crippen molar-refractivity contribution < 1.29 is 25.9 Å². The van der Waals surface area contributed by atoms with Crippen LogP contribution in [0.5, 0.6) is 17.2 Å². The topological polar surface area (TPSA) is 58.6 Å². The highest BCUT2D eigenvalue weighted by atomic mass is 27.3. The van der Waals surface area contributed by atoms with Gasteiger partial charge < -0.3 is 17.2 Å². The Balaban J connectivity index is 1.42. The van der Waals surface area contributed by atoms with E-state index in [-0.39, 0.29) is 6.61 Å². The molecule has 0 unspecified atom stereocenters. The first-order valence-corrected chi connectivity index (χ1v) is 10.2. The Morgan fingerprint density at radius 3 is 1.96 bits per heavy atom. The van der Waals surface area contributed by atoms with Crippen molar-refractivity contribution in [3.8, 4) is 17.2 Å². The summed E-state index contributed by atoms with van der Waals surface area (Å²) in [5, 5.41) is 0.928. The summed E-state index contributed by atoms with van der Waals surface area (Å²) in [6, 6.07) is 27.9. The van der Waals surface area contributed by atoms with Crippen molar-refractivity contribution in [3.05, 3.63) is 91.0 Å². The van der Waals surface area contributed by atoms with Crippen molar-refractivity contribution in [1.29, 1.82) is 0 Å². The van der Waals surface area contributed by atoms with Crippen molar-refractivity contribution in [1.82, 2.24) is 5.39 Å². The predicted octanol–water partition coefficient (Wildman–Crippen LogP) is 3.64. The molecular formula is C20H18AlNO6. The molecule has 1 atom stereocenters. The summed E-state index contributed by atoms with van der Waals surface area (Å²) < 4.78 is 23.0. The smallest absolute Gasteiger partial charge is 0.598 e. The minimum atomic E-state index is -2.64. The van der Waals surface area contributed by atoms with E-state index in [1.807, 2.05) is 78.9 Å². The summed E-state index contributed by atoms with van der Waals surface area (Å²) >= 11 is -2.64. The van der Waals surface area contributed by atoms with E-state index < -0.39 is 21.4 Å². The van der Waals surface area contributed by atoms with E-state index in [0.29, 0.717) is 17.2 Å². The molecule has 4 rings (SSSR count). The Hall–Kier alpha value is -2.57. The van der Waals surface area contributed by atoms with Gasteiger partial charge in [0.05, 0.1) is 5.75 Å². The van der Waals surface area contributed by atoms with Gasteiger partial charge >= 0.3 is 15.1 Å². The summed E-state index contributed by atoms with van der Waals surface area (Å²) in [5.41, 5.74) is 0. The van der Waals surface area contributed by atoms with Crippen LogP contribution in [0.25, 0.3) is 0 Å². The largest absolute Gasteiger partial charge is 1.03 e. The fourth-order valence-electron chi connectivity index (χ4n) is 2.39. The van der Waals surface area contributed by atoms with Crippen LogP contribution in [0.3, 0.4) is 0 Å². The molecule has 1 heterocycles. The summed E-state index contributed by atoms with van der Waals surface area (Å²) in [7, 11) is 0. The molecule has 3 aromatic rings. The Kier molecular flexibility index (Phi) is 6.42. The number of nitrogens with zero attached hydrogens (tertiary/aromatic N) is 1. The highest BCUT2D eigenvalue weighted by molar-refractivity contribution is 6.37. The second-order valence-corrected chi connectivity index (χ2v) is 7.04. The van der Waals surface area contributed by atoms with Gasteiger partial charge in [0.1, 0.15) is 17.7 Å². The maximum Gasteiger partial charge on any atom is 1.03 e. The van der Waals surface area contributed by atoms with E-state index in [1.54, 1.807) is 12.1 Å². The van der Waals surface area contributed by atoms with Gasteiger partial charge in [-0.1, -0.05) is 54.6 Å². The zero-order valence-electron chi connectivity index (χ0n) is 14.9. The van der Waals surface area contributed by atoms with Crippen LogP contribution in [0, 0.1) is 0 Å². The molecule has 0 saturated carbocycles. The van der Waals surface area contributed by atoms with Crippen LogP contribution in [-0.4, -0.2) is 33.4 Å². The number of rotatable bonds is 7. The molecule has 0 aromatic heterocycles. The molecule has 1 aliphatic heterocycles. The van der Waals surface area contributed by atoms with Crippen LogP contribution in [0.2, 0.25) is 0 Å². The van der Waals surface area contributed by atoms with Crippen LogP contribution in [0.1, 0.15) is 0 Å². The average molecular weight is 395 g/mol. The van der Waals surface area contributed by atoms with Gasteiger partial charge in [-0.2, -0.15) is 0 Å². The maximum atomic E-state index is 5.84. The SMILES string of the molecule is c1ccc(OC[C@@H]2ON(Oc3ccccc3)[O][Al]([O]c3ccccc3)[O]2)cc1. The first kappa shape index (κ1) is 18.8. The van der Waals surface area contributed by atoms with Gasteiger partial charge in [0.15, 0.2) is 12.0 Å². The van der Waals surface area contributed by atoms with E-state index in [2.05, 4.69) is 0 Å². The Morgan fingerprint density at radius 2 is 1.32 bits per heavy atom. The van der Waals surface area contributed by atoms with Crippen LogP contribution < -0.4 is 13.4 Å². The molecule has 1 saturated heterocycles. The van der Waals surface area contributed by atoms with Gasteiger partial charge in [0.25, 0.3) is 0 Å². The number of benzene rings is 3. The lowest BCUT2D eigenvalue weighted by Crippen LogP contribution is -2.52. The molecule has 28 heavy (non-hydrogen) atoms. The van der Waals surface area contributed by atoms with E-state index in [4.69, 9.17) is 25.9 Å². The summed E-state index contributed by atoms with van der Waals surface area (Å²) in [6.45, 7) is 0.143. The number of ether oxygens (including phenoxy) is 1. The van der Waals surface area contributed by atoms with Crippen molar-refractivity contribution >= 4 is 15.1 Å². The third kappa shape index (κ3) is 5.47.